The van der Waals surface area contributed by atoms with E-state index in [2.05, 4.69) is 0 Å². The normalized spacial score (nSPS) is 19.6. The lowest BCUT2D eigenvalue weighted by molar-refractivity contribution is -0.127. The van der Waals surface area contributed by atoms with Crippen LogP contribution in [0.2, 0.25) is 0 Å². The van der Waals surface area contributed by atoms with E-state index in [0.717, 1.165) is 5.92 Å². The van der Waals surface area contributed by atoms with Crippen LogP contribution < -0.4 is 0 Å². The van der Waals surface area contributed by atoms with Crippen molar-refractivity contribution in [2.75, 3.05) is 19.8 Å². The van der Waals surface area contributed by atoms with Crippen molar-refractivity contribution in [2.45, 2.75) is 37.9 Å². The molecule has 0 bridgehead atoms. The summed E-state index contributed by atoms with van der Waals surface area (Å²) in [6.45, 7) is 2.02. The van der Waals surface area contributed by atoms with Gasteiger partial charge in [0.1, 0.15) is 0 Å². The van der Waals surface area contributed by atoms with Crippen LogP contribution in [0.3, 0.4) is 0 Å². The lowest BCUT2D eigenvalue weighted by Gasteiger charge is -2.17. The minimum absolute atomic E-state index is 0.130. The SMILES string of the molecule is C[C@@H](SCC1CCCC1)C(=O)N(C)C. The lowest BCUT2D eigenvalue weighted by atomic mass is 10.1. The molecule has 1 saturated carbocycles. The molecule has 0 heterocycles. The fraction of sp³-hybridized carbons (Fsp3) is 0.909. The van der Waals surface area contributed by atoms with Gasteiger partial charge in [-0.05, 0) is 31.4 Å². The number of nitrogens with zero attached hydrogens (tertiary/aromatic N) is 1. The third kappa shape index (κ3) is 3.52. The van der Waals surface area contributed by atoms with Crippen LogP contribution in [0.25, 0.3) is 0 Å². The number of thioether (sulfide) groups is 1. The van der Waals surface area contributed by atoms with Crippen LogP contribution in [0.15, 0.2) is 0 Å². The van der Waals surface area contributed by atoms with Crippen molar-refractivity contribution in [1.29, 1.82) is 0 Å². The molecule has 0 N–H and O–H groups in total. The summed E-state index contributed by atoms with van der Waals surface area (Å²) in [5.41, 5.74) is 0. The zero-order valence-electron chi connectivity index (χ0n) is 9.45. The second kappa shape index (κ2) is 5.64. The van der Waals surface area contributed by atoms with Crippen LogP contribution >= 0.6 is 11.8 Å². The highest BCUT2D eigenvalue weighted by Crippen LogP contribution is 2.29. The summed E-state index contributed by atoms with van der Waals surface area (Å²) in [6.07, 6.45) is 5.52. The lowest BCUT2D eigenvalue weighted by Crippen LogP contribution is -2.30. The summed E-state index contributed by atoms with van der Waals surface area (Å²) >= 11 is 1.82. The molecule has 1 amide bonds. The van der Waals surface area contributed by atoms with Crippen molar-refractivity contribution < 1.29 is 4.79 Å². The Morgan fingerprint density at radius 2 is 2.00 bits per heavy atom. The highest BCUT2D eigenvalue weighted by molar-refractivity contribution is 8.00. The zero-order valence-corrected chi connectivity index (χ0v) is 10.3. The topological polar surface area (TPSA) is 20.3 Å². The number of amides is 1. The van der Waals surface area contributed by atoms with Crippen LogP contribution in [-0.4, -0.2) is 35.9 Å². The number of hydrogen-bond acceptors (Lipinski definition) is 2. The molecule has 1 atom stereocenters. The highest BCUT2D eigenvalue weighted by Gasteiger charge is 2.19. The fourth-order valence-electron chi connectivity index (χ4n) is 1.89. The monoisotopic (exact) mass is 215 g/mol. The van der Waals surface area contributed by atoms with Gasteiger partial charge in [0.15, 0.2) is 0 Å². The smallest absolute Gasteiger partial charge is 0.234 e. The van der Waals surface area contributed by atoms with E-state index in [1.165, 1.54) is 31.4 Å². The second-order valence-corrected chi connectivity index (χ2v) is 5.73. The third-order valence-electron chi connectivity index (χ3n) is 2.85. The molecule has 1 rings (SSSR count). The molecule has 0 aliphatic heterocycles. The van der Waals surface area contributed by atoms with Gasteiger partial charge in [-0.25, -0.2) is 0 Å². The minimum Gasteiger partial charge on any atom is -0.348 e. The summed E-state index contributed by atoms with van der Waals surface area (Å²) in [5.74, 6) is 2.28. The van der Waals surface area contributed by atoms with Crippen LogP contribution in [0, 0.1) is 5.92 Å². The zero-order chi connectivity index (χ0) is 10.6. The Hall–Kier alpha value is -0.180. The van der Waals surface area contributed by atoms with Gasteiger partial charge in [0.2, 0.25) is 5.91 Å². The molecule has 0 aromatic carbocycles. The molecule has 1 aliphatic carbocycles. The van der Waals surface area contributed by atoms with E-state index >= 15 is 0 Å². The maximum absolute atomic E-state index is 11.6. The second-order valence-electron chi connectivity index (χ2n) is 4.36. The molecule has 0 aromatic heterocycles. The predicted octanol–water partition coefficient (Wildman–Crippen LogP) is 2.39. The first kappa shape index (κ1) is 11.9. The van der Waals surface area contributed by atoms with Crippen molar-refractivity contribution in [2.24, 2.45) is 5.92 Å². The Kier molecular flexibility index (Phi) is 4.79. The summed E-state index contributed by atoms with van der Waals surface area (Å²) < 4.78 is 0. The van der Waals surface area contributed by atoms with Crippen molar-refractivity contribution in [3.8, 4) is 0 Å². The summed E-state index contributed by atoms with van der Waals surface area (Å²) in [4.78, 5) is 13.2. The van der Waals surface area contributed by atoms with Crippen molar-refractivity contribution in [3.05, 3.63) is 0 Å². The molecule has 0 aromatic rings. The molecular formula is C11H21NOS. The number of carbonyl (C=O) groups is 1. The summed E-state index contributed by atoms with van der Waals surface area (Å²) in [7, 11) is 3.66. The maximum atomic E-state index is 11.6. The van der Waals surface area contributed by atoms with Gasteiger partial charge in [-0.2, -0.15) is 0 Å². The van der Waals surface area contributed by atoms with Gasteiger partial charge in [0.25, 0.3) is 0 Å². The van der Waals surface area contributed by atoms with Crippen LogP contribution in [0.1, 0.15) is 32.6 Å². The number of rotatable bonds is 4. The van der Waals surface area contributed by atoms with Gasteiger partial charge in [-0.15, -0.1) is 11.8 Å². The van der Waals surface area contributed by atoms with Crippen molar-refractivity contribution >= 4 is 17.7 Å². The summed E-state index contributed by atoms with van der Waals surface area (Å²) in [6, 6.07) is 0. The van der Waals surface area contributed by atoms with Gasteiger partial charge in [0, 0.05) is 14.1 Å². The van der Waals surface area contributed by atoms with E-state index in [-0.39, 0.29) is 11.2 Å². The van der Waals surface area contributed by atoms with Gasteiger partial charge in [-0.1, -0.05) is 12.8 Å². The van der Waals surface area contributed by atoms with Crippen LogP contribution in [-0.2, 0) is 4.79 Å². The molecule has 1 aliphatic rings. The van der Waals surface area contributed by atoms with Gasteiger partial charge in [-0.3, -0.25) is 4.79 Å². The molecule has 0 saturated heterocycles. The molecule has 82 valence electrons. The molecule has 1 fully saturated rings. The Balaban J connectivity index is 2.19. The van der Waals surface area contributed by atoms with E-state index in [9.17, 15) is 4.79 Å². The molecule has 0 radical (unpaired) electrons. The average molecular weight is 215 g/mol. The average Bonchev–Trinajstić information content (AvgIpc) is 2.65. The molecule has 3 heteroatoms. The Labute approximate surface area is 91.4 Å². The van der Waals surface area contributed by atoms with Crippen molar-refractivity contribution in [1.82, 2.24) is 4.90 Å². The third-order valence-corrected chi connectivity index (χ3v) is 4.21. The van der Waals surface area contributed by atoms with E-state index in [0.29, 0.717) is 0 Å². The maximum Gasteiger partial charge on any atom is 0.234 e. The van der Waals surface area contributed by atoms with E-state index in [4.69, 9.17) is 0 Å². The van der Waals surface area contributed by atoms with E-state index in [1.807, 2.05) is 32.8 Å². The Morgan fingerprint density at radius 1 is 1.43 bits per heavy atom. The van der Waals surface area contributed by atoms with Crippen LogP contribution in [0.4, 0.5) is 0 Å². The predicted molar refractivity (Wildman–Crippen MR) is 62.6 cm³/mol. The molecule has 2 nitrogen and oxygen atoms in total. The number of carbonyl (C=O) groups excluding carboxylic acids is 1. The van der Waals surface area contributed by atoms with Crippen molar-refractivity contribution in [3.63, 3.8) is 0 Å². The Bertz CT molecular complexity index is 188. The van der Waals surface area contributed by atoms with Gasteiger partial charge in [0.05, 0.1) is 5.25 Å². The fourth-order valence-corrected chi connectivity index (χ4v) is 3.14. The van der Waals surface area contributed by atoms with Crippen LogP contribution in [0.5, 0.6) is 0 Å². The molecule has 14 heavy (non-hydrogen) atoms. The van der Waals surface area contributed by atoms with E-state index in [1.54, 1.807) is 4.90 Å². The number of hydrogen-bond donors (Lipinski definition) is 0. The Morgan fingerprint density at radius 3 is 2.50 bits per heavy atom. The molecule has 0 unspecified atom stereocenters. The molecule has 0 spiro atoms. The standard InChI is InChI=1S/C11H21NOS/c1-9(11(13)12(2)3)14-8-10-6-4-5-7-10/h9-10H,4-8H2,1-3H3/t9-/m1/s1. The quantitative estimate of drug-likeness (QED) is 0.717. The first-order valence-corrected chi connectivity index (χ1v) is 6.49. The van der Waals surface area contributed by atoms with Gasteiger partial charge < -0.3 is 4.90 Å². The first-order chi connectivity index (χ1) is 6.61. The highest BCUT2D eigenvalue weighted by atomic mass is 32.2. The minimum atomic E-state index is 0.130. The first-order valence-electron chi connectivity index (χ1n) is 5.44. The molecular weight excluding hydrogens is 194 g/mol. The van der Waals surface area contributed by atoms with Gasteiger partial charge >= 0.3 is 0 Å². The largest absolute Gasteiger partial charge is 0.348 e. The van der Waals surface area contributed by atoms with E-state index < -0.39 is 0 Å². The summed E-state index contributed by atoms with van der Waals surface area (Å²) in [5, 5.41) is 0.130.